The Morgan fingerprint density at radius 1 is 1.29 bits per heavy atom. The second-order valence-electron chi connectivity index (χ2n) is 4.99. The highest BCUT2D eigenvalue weighted by atomic mass is 32.2. The lowest BCUT2D eigenvalue weighted by molar-refractivity contribution is 0.294. The standard InChI is InChI=1S/C14H26N4O2S/c1-5-18(6-2)10-11(3)17-13-8-7-12(15)9-14(13)21(19,20)16-4/h7-9,11,16-17H,5-6,10,15H2,1-4H3. The van der Waals surface area contributed by atoms with Crippen LogP contribution in [-0.2, 0) is 10.0 Å². The zero-order valence-corrected chi connectivity index (χ0v) is 14.0. The normalized spacial score (nSPS) is 13.4. The molecule has 0 bridgehead atoms. The number of rotatable bonds is 8. The van der Waals surface area contributed by atoms with Gasteiger partial charge in [0, 0.05) is 18.3 Å². The van der Waals surface area contributed by atoms with Gasteiger partial charge in [0.1, 0.15) is 4.90 Å². The van der Waals surface area contributed by atoms with Crippen molar-refractivity contribution >= 4 is 21.4 Å². The van der Waals surface area contributed by atoms with Crippen LogP contribution in [0.15, 0.2) is 23.1 Å². The van der Waals surface area contributed by atoms with E-state index in [2.05, 4.69) is 28.8 Å². The van der Waals surface area contributed by atoms with Crippen LogP contribution in [0.25, 0.3) is 0 Å². The minimum absolute atomic E-state index is 0.124. The molecule has 0 aliphatic carbocycles. The molecule has 21 heavy (non-hydrogen) atoms. The second kappa shape index (κ2) is 7.63. The molecule has 7 heteroatoms. The number of nitrogens with zero attached hydrogens (tertiary/aromatic N) is 1. The van der Waals surface area contributed by atoms with Crippen LogP contribution in [0.1, 0.15) is 20.8 Å². The number of hydrogen-bond donors (Lipinski definition) is 3. The lowest BCUT2D eigenvalue weighted by Gasteiger charge is -2.25. The quantitative estimate of drug-likeness (QED) is 0.630. The SMILES string of the molecule is CCN(CC)CC(C)Nc1ccc(N)cc1S(=O)(=O)NC. The van der Waals surface area contributed by atoms with Crippen LogP contribution >= 0.6 is 0 Å². The third-order valence-corrected chi connectivity index (χ3v) is 4.85. The van der Waals surface area contributed by atoms with Crippen molar-refractivity contribution in [2.45, 2.75) is 31.7 Å². The summed E-state index contributed by atoms with van der Waals surface area (Å²) in [7, 11) is -2.15. The molecule has 1 rings (SSSR count). The van der Waals surface area contributed by atoms with E-state index in [1.807, 2.05) is 6.92 Å². The molecule has 0 heterocycles. The summed E-state index contributed by atoms with van der Waals surface area (Å²) < 4.78 is 26.5. The van der Waals surface area contributed by atoms with Gasteiger partial charge in [0.2, 0.25) is 10.0 Å². The first kappa shape index (κ1) is 17.7. The molecule has 0 amide bonds. The van der Waals surface area contributed by atoms with Gasteiger partial charge in [0.25, 0.3) is 0 Å². The van der Waals surface area contributed by atoms with Gasteiger partial charge in [-0.3, -0.25) is 0 Å². The first-order chi connectivity index (χ1) is 9.83. The van der Waals surface area contributed by atoms with E-state index in [9.17, 15) is 8.42 Å². The highest BCUT2D eigenvalue weighted by Gasteiger charge is 2.18. The first-order valence-electron chi connectivity index (χ1n) is 7.16. The fourth-order valence-corrected chi connectivity index (χ4v) is 3.10. The van der Waals surface area contributed by atoms with Crippen molar-refractivity contribution in [3.63, 3.8) is 0 Å². The van der Waals surface area contributed by atoms with E-state index in [1.54, 1.807) is 12.1 Å². The molecule has 1 atom stereocenters. The monoisotopic (exact) mass is 314 g/mol. The van der Waals surface area contributed by atoms with Crippen molar-refractivity contribution in [1.29, 1.82) is 0 Å². The maximum Gasteiger partial charge on any atom is 0.242 e. The first-order valence-corrected chi connectivity index (χ1v) is 8.64. The van der Waals surface area contributed by atoms with Gasteiger partial charge in [0.05, 0.1) is 5.69 Å². The molecule has 1 aromatic rings. The Morgan fingerprint density at radius 2 is 1.90 bits per heavy atom. The second-order valence-corrected chi connectivity index (χ2v) is 6.85. The molecule has 0 saturated heterocycles. The van der Waals surface area contributed by atoms with Gasteiger partial charge in [0.15, 0.2) is 0 Å². The minimum Gasteiger partial charge on any atom is -0.399 e. The Bertz CT molecular complexity index is 556. The fraction of sp³-hybridized carbons (Fsp3) is 0.571. The van der Waals surface area contributed by atoms with E-state index in [0.29, 0.717) is 11.4 Å². The van der Waals surface area contributed by atoms with E-state index >= 15 is 0 Å². The molecule has 120 valence electrons. The highest BCUT2D eigenvalue weighted by molar-refractivity contribution is 7.89. The van der Waals surface area contributed by atoms with Crippen molar-refractivity contribution in [1.82, 2.24) is 9.62 Å². The molecule has 1 aromatic carbocycles. The Labute approximate surface area is 127 Å². The number of anilines is 2. The summed E-state index contributed by atoms with van der Waals surface area (Å²) in [5, 5.41) is 3.26. The van der Waals surface area contributed by atoms with Gasteiger partial charge >= 0.3 is 0 Å². The van der Waals surface area contributed by atoms with Crippen molar-refractivity contribution in [2.24, 2.45) is 0 Å². The zero-order valence-electron chi connectivity index (χ0n) is 13.2. The molecule has 0 fully saturated rings. The predicted molar refractivity (Wildman–Crippen MR) is 88.0 cm³/mol. The van der Waals surface area contributed by atoms with Crippen molar-refractivity contribution < 1.29 is 8.42 Å². The van der Waals surface area contributed by atoms with Gasteiger partial charge in [-0.1, -0.05) is 13.8 Å². The molecule has 0 aliphatic heterocycles. The van der Waals surface area contributed by atoms with Crippen LogP contribution < -0.4 is 15.8 Å². The van der Waals surface area contributed by atoms with Gasteiger partial charge in [-0.15, -0.1) is 0 Å². The Balaban J connectivity index is 2.98. The van der Waals surface area contributed by atoms with Crippen LogP contribution in [0, 0.1) is 0 Å². The molecular formula is C14H26N4O2S. The van der Waals surface area contributed by atoms with Gasteiger partial charge < -0.3 is 16.0 Å². The number of benzene rings is 1. The number of hydrogen-bond acceptors (Lipinski definition) is 5. The fourth-order valence-electron chi connectivity index (χ4n) is 2.17. The average Bonchev–Trinajstić information content (AvgIpc) is 2.46. The van der Waals surface area contributed by atoms with Crippen LogP contribution in [0.2, 0.25) is 0 Å². The number of sulfonamides is 1. The van der Waals surface area contributed by atoms with Crippen molar-refractivity contribution in [2.75, 3.05) is 37.7 Å². The molecule has 1 unspecified atom stereocenters. The van der Waals surface area contributed by atoms with E-state index < -0.39 is 10.0 Å². The Morgan fingerprint density at radius 3 is 2.43 bits per heavy atom. The summed E-state index contributed by atoms with van der Waals surface area (Å²) in [6, 6.07) is 5.00. The predicted octanol–water partition coefficient (Wildman–Crippen LogP) is 1.32. The van der Waals surface area contributed by atoms with Crippen LogP contribution in [0.4, 0.5) is 11.4 Å². The maximum atomic E-state index is 12.1. The Hall–Kier alpha value is -1.31. The summed E-state index contributed by atoms with van der Waals surface area (Å²) in [5.74, 6) is 0. The summed E-state index contributed by atoms with van der Waals surface area (Å²) in [6.07, 6.45) is 0. The molecule has 4 N–H and O–H groups in total. The third-order valence-electron chi connectivity index (χ3n) is 3.39. The van der Waals surface area contributed by atoms with Gasteiger partial charge in [-0.05, 0) is 45.3 Å². The molecule has 0 aromatic heterocycles. The van der Waals surface area contributed by atoms with Crippen LogP contribution in [-0.4, -0.2) is 46.0 Å². The highest BCUT2D eigenvalue weighted by Crippen LogP contribution is 2.24. The summed E-state index contributed by atoms with van der Waals surface area (Å²) in [5.41, 5.74) is 6.70. The van der Waals surface area contributed by atoms with Crippen LogP contribution in [0.3, 0.4) is 0 Å². The van der Waals surface area contributed by atoms with Crippen LogP contribution in [0.5, 0.6) is 0 Å². The van der Waals surface area contributed by atoms with E-state index in [-0.39, 0.29) is 10.9 Å². The summed E-state index contributed by atoms with van der Waals surface area (Å²) in [4.78, 5) is 2.46. The molecule has 6 nitrogen and oxygen atoms in total. The van der Waals surface area contributed by atoms with Crippen molar-refractivity contribution in [3.05, 3.63) is 18.2 Å². The number of nitrogens with two attached hydrogens (primary N) is 1. The number of nitrogens with one attached hydrogen (secondary N) is 2. The van der Waals surface area contributed by atoms with Gasteiger partial charge in [-0.25, -0.2) is 13.1 Å². The largest absolute Gasteiger partial charge is 0.399 e. The lowest BCUT2D eigenvalue weighted by Crippen LogP contribution is -2.35. The smallest absolute Gasteiger partial charge is 0.242 e. The number of nitrogen functional groups attached to an aromatic ring is 1. The zero-order chi connectivity index (χ0) is 16.0. The molecule has 0 saturated carbocycles. The van der Waals surface area contributed by atoms with E-state index in [1.165, 1.54) is 13.1 Å². The number of likely N-dealkylation sites (N-methyl/N-ethyl adjacent to an activating group) is 1. The van der Waals surface area contributed by atoms with E-state index in [0.717, 1.165) is 19.6 Å². The van der Waals surface area contributed by atoms with Gasteiger partial charge in [-0.2, -0.15) is 0 Å². The van der Waals surface area contributed by atoms with Crippen molar-refractivity contribution in [3.8, 4) is 0 Å². The molecule has 0 aliphatic rings. The average molecular weight is 314 g/mol. The summed E-state index contributed by atoms with van der Waals surface area (Å²) in [6.45, 7) is 9.02. The summed E-state index contributed by atoms with van der Waals surface area (Å²) >= 11 is 0. The minimum atomic E-state index is -3.54. The topological polar surface area (TPSA) is 87.5 Å². The van der Waals surface area contributed by atoms with E-state index in [4.69, 9.17) is 5.73 Å². The molecular weight excluding hydrogens is 288 g/mol. The third kappa shape index (κ3) is 4.87. The molecule has 0 radical (unpaired) electrons. The maximum absolute atomic E-state index is 12.1. The lowest BCUT2D eigenvalue weighted by atomic mass is 10.2. The Kier molecular flexibility index (Phi) is 6.44. The molecule has 0 spiro atoms.